The van der Waals surface area contributed by atoms with Crippen molar-refractivity contribution >= 4 is 35.7 Å². The minimum absolute atomic E-state index is 0.0431. The Morgan fingerprint density at radius 3 is 2.65 bits per heavy atom. The minimum atomic E-state index is -4.23. The van der Waals surface area contributed by atoms with Crippen molar-refractivity contribution < 1.29 is 8.42 Å². The standard InChI is InChI=1S/C10H7BrClN3O4S/c11-7-1-6(2-13-3-7)4-15-5-8(20(12,18)19)9(16)14-10(15)17/h1-3,5H,4H2,(H,14,16,17). The van der Waals surface area contributed by atoms with Crippen molar-refractivity contribution in [1.82, 2.24) is 14.5 Å². The number of pyridine rings is 1. The molecule has 0 saturated heterocycles. The second-order valence-electron chi connectivity index (χ2n) is 3.83. The second kappa shape index (κ2) is 5.51. The first kappa shape index (κ1) is 14.9. The van der Waals surface area contributed by atoms with E-state index in [1.54, 1.807) is 12.3 Å². The lowest BCUT2D eigenvalue weighted by Crippen LogP contribution is -2.32. The molecule has 0 aliphatic rings. The van der Waals surface area contributed by atoms with Crippen molar-refractivity contribution in [2.24, 2.45) is 0 Å². The molecule has 7 nitrogen and oxygen atoms in total. The molecule has 2 rings (SSSR count). The zero-order chi connectivity index (χ0) is 14.9. The number of H-pyrrole nitrogens is 1. The Morgan fingerprint density at radius 1 is 1.35 bits per heavy atom. The van der Waals surface area contributed by atoms with Crippen molar-refractivity contribution in [3.8, 4) is 0 Å². The van der Waals surface area contributed by atoms with Crippen LogP contribution in [0.4, 0.5) is 0 Å². The van der Waals surface area contributed by atoms with Crippen LogP contribution in [0.3, 0.4) is 0 Å². The summed E-state index contributed by atoms with van der Waals surface area (Å²) in [6.45, 7) is 0.0431. The zero-order valence-corrected chi connectivity index (χ0v) is 12.9. The molecule has 0 aliphatic heterocycles. The molecule has 20 heavy (non-hydrogen) atoms. The van der Waals surface area contributed by atoms with Crippen LogP contribution >= 0.6 is 26.6 Å². The first-order valence-electron chi connectivity index (χ1n) is 5.15. The summed E-state index contributed by atoms with van der Waals surface area (Å²) in [5.74, 6) is 0. The van der Waals surface area contributed by atoms with Gasteiger partial charge >= 0.3 is 5.69 Å². The lowest BCUT2D eigenvalue weighted by atomic mass is 10.3. The quantitative estimate of drug-likeness (QED) is 0.789. The third-order valence-corrected chi connectivity index (χ3v) is 4.10. The van der Waals surface area contributed by atoms with Crippen LogP contribution in [-0.4, -0.2) is 23.0 Å². The Morgan fingerprint density at radius 2 is 2.05 bits per heavy atom. The summed E-state index contributed by atoms with van der Waals surface area (Å²) in [7, 11) is 0.904. The molecule has 106 valence electrons. The van der Waals surface area contributed by atoms with Gasteiger partial charge in [-0.1, -0.05) is 0 Å². The number of nitrogens with one attached hydrogen (secondary N) is 1. The van der Waals surface area contributed by atoms with Gasteiger partial charge in [0.15, 0.2) is 4.90 Å². The molecule has 2 heterocycles. The largest absolute Gasteiger partial charge is 0.328 e. The fraction of sp³-hybridized carbons (Fsp3) is 0.100. The van der Waals surface area contributed by atoms with Crippen LogP contribution in [0.1, 0.15) is 5.56 Å². The molecule has 0 fully saturated rings. The van der Waals surface area contributed by atoms with Crippen molar-refractivity contribution in [2.45, 2.75) is 11.4 Å². The van der Waals surface area contributed by atoms with Gasteiger partial charge in [0.2, 0.25) is 0 Å². The third kappa shape index (κ3) is 3.35. The van der Waals surface area contributed by atoms with E-state index >= 15 is 0 Å². The Labute approximate surface area is 125 Å². The minimum Gasteiger partial charge on any atom is -0.295 e. The lowest BCUT2D eigenvalue weighted by Gasteiger charge is -2.06. The van der Waals surface area contributed by atoms with Crippen molar-refractivity contribution in [2.75, 3.05) is 0 Å². The molecule has 0 amide bonds. The second-order valence-corrected chi connectivity index (χ2v) is 7.28. The first-order chi connectivity index (χ1) is 9.27. The lowest BCUT2D eigenvalue weighted by molar-refractivity contribution is 0.603. The monoisotopic (exact) mass is 379 g/mol. The van der Waals surface area contributed by atoms with Gasteiger partial charge in [-0.05, 0) is 27.6 Å². The number of hydrogen-bond donors (Lipinski definition) is 1. The smallest absolute Gasteiger partial charge is 0.295 e. The van der Waals surface area contributed by atoms with Crippen molar-refractivity contribution in [3.63, 3.8) is 0 Å². The van der Waals surface area contributed by atoms with Gasteiger partial charge in [-0.15, -0.1) is 0 Å². The molecular formula is C10H7BrClN3O4S. The van der Waals surface area contributed by atoms with E-state index in [9.17, 15) is 18.0 Å². The molecule has 0 spiro atoms. The van der Waals surface area contributed by atoms with Crippen molar-refractivity contribution in [1.29, 1.82) is 0 Å². The number of halogens is 2. The SMILES string of the molecule is O=c1[nH]c(=O)n(Cc2cncc(Br)c2)cc1S(=O)(=O)Cl. The van der Waals surface area contributed by atoms with E-state index in [1.165, 1.54) is 6.20 Å². The third-order valence-electron chi connectivity index (χ3n) is 2.36. The molecular weight excluding hydrogens is 374 g/mol. The fourth-order valence-electron chi connectivity index (χ4n) is 1.52. The summed E-state index contributed by atoms with van der Waals surface area (Å²) < 4.78 is 24.2. The molecule has 0 unspecified atom stereocenters. The molecule has 1 N–H and O–H groups in total. The maximum atomic E-state index is 11.6. The van der Waals surface area contributed by atoms with Gasteiger partial charge in [0.05, 0.1) is 6.54 Å². The maximum Gasteiger partial charge on any atom is 0.328 e. The first-order valence-corrected chi connectivity index (χ1v) is 8.25. The van der Waals surface area contributed by atoms with Gasteiger partial charge in [0.1, 0.15) is 0 Å². The Balaban J connectivity index is 2.53. The average Bonchev–Trinajstić information content (AvgIpc) is 2.31. The normalized spacial score (nSPS) is 11.5. The number of aromatic nitrogens is 3. The number of aromatic amines is 1. The summed E-state index contributed by atoms with van der Waals surface area (Å²) in [4.78, 5) is 28.2. The Hall–Kier alpha value is -1.45. The van der Waals surface area contributed by atoms with Crippen LogP contribution in [0, 0.1) is 0 Å². The van der Waals surface area contributed by atoms with E-state index in [4.69, 9.17) is 10.7 Å². The average molecular weight is 381 g/mol. The highest BCUT2D eigenvalue weighted by Gasteiger charge is 2.17. The van der Waals surface area contributed by atoms with Gasteiger partial charge in [-0.25, -0.2) is 13.2 Å². The molecule has 2 aromatic rings. The molecule has 0 saturated carbocycles. The number of nitrogens with zero attached hydrogens (tertiary/aromatic N) is 2. The zero-order valence-electron chi connectivity index (χ0n) is 9.71. The Bertz CT molecular complexity index is 875. The summed E-state index contributed by atoms with van der Waals surface area (Å²) in [6.07, 6.45) is 3.98. The molecule has 0 aliphatic carbocycles. The summed E-state index contributed by atoms with van der Waals surface area (Å²) in [6, 6.07) is 1.71. The molecule has 0 radical (unpaired) electrons. The summed E-state index contributed by atoms with van der Waals surface area (Å²) in [5, 5.41) is 0. The van der Waals surface area contributed by atoms with E-state index in [0.717, 1.165) is 10.8 Å². The van der Waals surface area contributed by atoms with Crippen LogP contribution in [0.25, 0.3) is 0 Å². The summed E-state index contributed by atoms with van der Waals surface area (Å²) in [5.41, 5.74) is -1.14. The van der Waals surface area contributed by atoms with Gasteiger partial charge < -0.3 is 0 Å². The van der Waals surface area contributed by atoms with Crippen LogP contribution in [-0.2, 0) is 15.6 Å². The van der Waals surface area contributed by atoms with E-state index in [-0.39, 0.29) is 6.54 Å². The van der Waals surface area contributed by atoms with Gasteiger partial charge in [-0.2, -0.15) is 0 Å². The van der Waals surface area contributed by atoms with Crippen molar-refractivity contribution in [3.05, 3.63) is 55.5 Å². The highest BCUT2D eigenvalue weighted by Crippen LogP contribution is 2.11. The molecule has 0 bridgehead atoms. The highest BCUT2D eigenvalue weighted by atomic mass is 79.9. The maximum absolute atomic E-state index is 11.6. The van der Waals surface area contributed by atoms with Crippen LogP contribution in [0.15, 0.2) is 43.6 Å². The van der Waals surface area contributed by atoms with Gasteiger partial charge in [0, 0.05) is 33.7 Å². The predicted octanol–water partition coefficient (Wildman–Crippen LogP) is 0.670. The highest BCUT2D eigenvalue weighted by molar-refractivity contribution is 9.10. The van der Waals surface area contributed by atoms with Crippen LogP contribution in [0.2, 0.25) is 0 Å². The van der Waals surface area contributed by atoms with Gasteiger partial charge in [-0.3, -0.25) is 19.3 Å². The molecule has 10 heteroatoms. The molecule has 0 aromatic carbocycles. The Kier molecular flexibility index (Phi) is 4.11. The van der Waals surface area contributed by atoms with E-state index in [2.05, 4.69) is 20.9 Å². The topological polar surface area (TPSA) is 102 Å². The van der Waals surface area contributed by atoms with Crippen LogP contribution in [0.5, 0.6) is 0 Å². The molecule has 0 atom stereocenters. The predicted molar refractivity (Wildman–Crippen MR) is 75.4 cm³/mol. The van der Waals surface area contributed by atoms with Crippen LogP contribution < -0.4 is 11.2 Å². The fourth-order valence-corrected chi connectivity index (χ4v) is 2.79. The van der Waals surface area contributed by atoms with E-state index in [0.29, 0.717) is 10.0 Å². The van der Waals surface area contributed by atoms with E-state index in [1.807, 2.05) is 4.98 Å². The summed E-state index contributed by atoms with van der Waals surface area (Å²) >= 11 is 3.23. The van der Waals surface area contributed by atoms with E-state index < -0.39 is 25.2 Å². The van der Waals surface area contributed by atoms with Gasteiger partial charge in [0.25, 0.3) is 14.6 Å². The number of hydrogen-bond acceptors (Lipinski definition) is 5. The molecule has 2 aromatic heterocycles. The number of rotatable bonds is 3.